The summed E-state index contributed by atoms with van der Waals surface area (Å²) in [6.07, 6.45) is -1.20. The summed E-state index contributed by atoms with van der Waals surface area (Å²) < 4.78 is 5.95. The molecule has 178 valence electrons. The van der Waals surface area contributed by atoms with Crippen molar-refractivity contribution < 1.29 is 25.2 Å². The van der Waals surface area contributed by atoms with Crippen LogP contribution >= 0.6 is 11.3 Å². The number of anilines is 2. The second-order valence-electron chi connectivity index (χ2n) is 8.31. The summed E-state index contributed by atoms with van der Waals surface area (Å²) >= 11 is 1.48. The van der Waals surface area contributed by atoms with Crippen LogP contribution in [0.25, 0.3) is 20.8 Å². The average Bonchev–Trinajstić information content (AvgIpc) is 3.33. The molecule has 33 heavy (non-hydrogen) atoms. The van der Waals surface area contributed by atoms with Gasteiger partial charge in [0.2, 0.25) is 5.95 Å². The number of nitrogens with zero attached hydrogens (tertiary/aromatic N) is 3. The van der Waals surface area contributed by atoms with E-state index in [2.05, 4.69) is 20.6 Å². The first-order valence-corrected chi connectivity index (χ1v) is 11.6. The second-order valence-corrected chi connectivity index (χ2v) is 9.34. The molecule has 10 nitrogen and oxygen atoms in total. The minimum Gasteiger partial charge on any atom is -0.396 e. The van der Waals surface area contributed by atoms with Crippen LogP contribution in [-0.4, -0.2) is 80.2 Å². The molecule has 1 aromatic carbocycles. The van der Waals surface area contributed by atoms with Gasteiger partial charge in [-0.3, -0.25) is 0 Å². The number of ether oxygens (including phenoxy) is 1. The van der Waals surface area contributed by atoms with Crippen molar-refractivity contribution in [1.82, 2.24) is 15.0 Å². The highest BCUT2D eigenvalue weighted by atomic mass is 32.1. The van der Waals surface area contributed by atoms with Crippen LogP contribution in [0.15, 0.2) is 24.3 Å². The van der Waals surface area contributed by atoms with Gasteiger partial charge in [-0.15, -0.1) is 11.3 Å². The van der Waals surface area contributed by atoms with Crippen LogP contribution in [0.5, 0.6) is 0 Å². The fourth-order valence-corrected chi connectivity index (χ4v) is 5.14. The zero-order chi connectivity index (χ0) is 23.6. The van der Waals surface area contributed by atoms with E-state index >= 15 is 0 Å². The van der Waals surface area contributed by atoms with Gasteiger partial charge in [0, 0.05) is 26.2 Å². The van der Waals surface area contributed by atoms with Gasteiger partial charge in [0.25, 0.3) is 0 Å². The molecule has 0 bridgehead atoms. The molecule has 1 aliphatic rings. The summed E-state index contributed by atoms with van der Waals surface area (Å²) in [6.45, 7) is 1.93. The van der Waals surface area contributed by atoms with Crippen LogP contribution in [0.4, 0.5) is 11.8 Å². The number of hydrogen-bond acceptors (Lipinski definition) is 11. The van der Waals surface area contributed by atoms with E-state index in [4.69, 9.17) is 9.72 Å². The molecule has 1 aliphatic carbocycles. The Bertz CT molecular complexity index is 1080. The standard InChI is InChI=1S/C22H29N5O5S/c1-12-17(20-25-15-5-3-4-6-16(15)33-20)19(26-21(24-12)23-9-14(29)11-32-2)27-22(31)8-7-13(10-28)18(22)30/h3-6,13-14,18,28-31H,7-11H2,1-2H3,(H2,23,24,26,27). The lowest BCUT2D eigenvalue weighted by atomic mass is 10.0. The molecule has 1 fully saturated rings. The number of rotatable bonds is 9. The van der Waals surface area contributed by atoms with Gasteiger partial charge in [0.05, 0.1) is 34.2 Å². The van der Waals surface area contributed by atoms with Crippen LogP contribution in [0.1, 0.15) is 18.5 Å². The summed E-state index contributed by atoms with van der Waals surface area (Å²) in [6, 6.07) is 7.76. The number of aliphatic hydroxyl groups is 4. The Balaban J connectivity index is 1.73. The number of thiazole rings is 1. The van der Waals surface area contributed by atoms with Crippen molar-refractivity contribution in [1.29, 1.82) is 0 Å². The summed E-state index contributed by atoms with van der Waals surface area (Å²) in [5.41, 5.74) is 0.414. The van der Waals surface area contributed by atoms with Crippen molar-refractivity contribution in [2.75, 3.05) is 37.5 Å². The predicted molar refractivity (Wildman–Crippen MR) is 126 cm³/mol. The van der Waals surface area contributed by atoms with Crippen molar-refractivity contribution >= 4 is 33.3 Å². The van der Waals surface area contributed by atoms with Crippen LogP contribution < -0.4 is 10.6 Å². The zero-order valence-corrected chi connectivity index (χ0v) is 19.3. The summed E-state index contributed by atoms with van der Waals surface area (Å²) in [5, 5.41) is 48.0. The van der Waals surface area contributed by atoms with E-state index in [9.17, 15) is 20.4 Å². The molecule has 4 atom stereocenters. The number of benzene rings is 1. The van der Waals surface area contributed by atoms with Crippen molar-refractivity contribution in [3.8, 4) is 10.6 Å². The van der Waals surface area contributed by atoms with E-state index in [1.165, 1.54) is 18.4 Å². The van der Waals surface area contributed by atoms with Gasteiger partial charge in [-0.2, -0.15) is 4.98 Å². The third-order valence-corrected chi connectivity index (χ3v) is 6.91. The molecule has 2 heterocycles. The maximum Gasteiger partial charge on any atom is 0.224 e. The molecule has 0 aliphatic heterocycles. The zero-order valence-electron chi connectivity index (χ0n) is 18.5. The minimum absolute atomic E-state index is 0.162. The van der Waals surface area contributed by atoms with Crippen molar-refractivity contribution in [3.63, 3.8) is 0 Å². The number of aryl methyl sites for hydroxylation is 1. The monoisotopic (exact) mass is 475 g/mol. The molecular weight excluding hydrogens is 446 g/mol. The molecule has 0 spiro atoms. The number of fused-ring (bicyclic) bond motifs is 1. The van der Waals surface area contributed by atoms with Gasteiger partial charge >= 0.3 is 0 Å². The first-order valence-electron chi connectivity index (χ1n) is 10.8. The van der Waals surface area contributed by atoms with Gasteiger partial charge in [-0.25, -0.2) is 9.97 Å². The third-order valence-electron chi connectivity index (χ3n) is 5.85. The average molecular weight is 476 g/mol. The Morgan fingerprint density at radius 3 is 2.76 bits per heavy atom. The van der Waals surface area contributed by atoms with E-state index in [0.717, 1.165) is 10.2 Å². The first kappa shape index (κ1) is 23.7. The Morgan fingerprint density at radius 2 is 2.06 bits per heavy atom. The second kappa shape index (κ2) is 9.84. The molecule has 6 N–H and O–H groups in total. The van der Waals surface area contributed by atoms with E-state index in [0.29, 0.717) is 28.5 Å². The topological polar surface area (TPSA) is 153 Å². The number of hydrogen-bond donors (Lipinski definition) is 6. The van der Waals surface area contributed by atoms with Gasteiger partial charge < -0.3 is 35.8 Å². The van der Waals surface area contributed by atoms with Crippen molar-refractivity contribution in [2.45, 2.75) is 37.7 Å². The highest BCUT2D eigenvalue weighted by molar-refractivity contribution is 7.21. The summed E-state index contributed by atoms with van der Waals surface area (Å²) in [5.74, 6) is 0.133. The van der Waals surface area contributed by atoms with E-state index in [1.54, 1.807) is 0 Å². The highest BCUT2D eigenvalue weighted by Gasteiger charge is 2.47. The molecule has 2 aromatic heterocycles. The fourth-order valence-electron chi connectivity index (χ4n) is 4.07. The van der Waals surface area contributed by atoms with Crippen LogP contribution in [-0.2, 0) is 4.74 Å². The summed E-state index contributed by atoms with van der Waals surface area (Å²) in [4.78, 5) is 13.8. The van der Waals surface area contributed by atoms with Crippen molar-refractivity contribution in [2.24, 2.45) is 5.92 Å². The first-order chi connectivity index (χ1) is 15.8. The van der Waals surface area contributed by atoms with Gasteiger partial charge in [-0.05, 0) is 31.9 Å². The number of aromatic nitrogens is 3. The Kier molecular flexibility index (Phi) is 7.07. The van der Waals surface area contributed by atoms with Gasteiger partial charge in [-0.1, -0.05) is 12.1 Å². The Morgan fingerprint density at radius 1 is 1.27 bits per heavy atom. The van der Waals surface area contributed by atoms with E-state index < -0.39 is 23.9 Å². The van der Waals surface area contributed by atoms with Crippen LogP contribution in [0, 0.1) is 12.8 Å². The molecule has 1 saturated carbocycles. The highest BCUT2D eigenvalue weighted by Crippen LogP contribution is 2.40. The lowest BCUT2D eigenvalue weighted by molar-refractivity contribution is -0.0545. The lowest BCUT2D eigenvalue weighted by Crippen LogP contribution is -2.48. The molecule has 3 aromatic rings. The lowest BCUT2D eigenvalue weighted by Gasteiger charge is -2.31. The molecule has 0 radical (unpaired) electrons. The predicted octanol–water partition coefficient (Wildman–Crippen LogP) is 1.34. The number of aliphatic hydroxyl groups excluding tert-OH is 3. The molecule has 4 rings (SSSR count). The smallest absolute Gasteiger partial charge is 0.224 e. The molecular formula is C22H29N5O5S. The molecule has 0 saturated heterocycles. The van der Waals surface area contributed by atoms with Crippen LogP contribution in [0.3, 0.4) is 0 Å². The Hall–Kier alpha value is -2.41. The maximum atomic E-state index is 11.2. The molecule has 4 unspecified atom stereocenters. The maximum absolute atomic E-state index is 11.2. The number of para-hydroxylation sites is 1. The van der Waals surface area contributed by atoms with Gasteiger partial charge in [0.1, 0.15) is 16.9 Å². The minimum atomic E-state index is -1.66. The third kappa shape index (κ3) is 4.93. The van der Waals surface area contributed by atoms with Gasteiger partial charge in [0.15, 0.2) is 5.72 Å². The number of methoxy groups -OCH3 is 1. The fraction of sp³-hybridized carbons (Fsp3) is 0.500. The SMILES string of the molecule is COCC(O)CNc1nc(C)c(-c2nc3ccccc3s2)c(NC2(O)CCC(CO)C2O)n1. The van der Waals surface area contributed by atoms with Crippen LogP contribution in [0.2, 0.25) is 0 Å². The summed E-state index contributed by atoms with van der Waals surface area (Å²) in [7, 11) is 1.51. The normalized spacial score (nSPS) is 23.7. The largest absolute Gasteiger partial charge is 0.396 e. The Labute approximate surface area is 195 Å². The molecule has 11 heteroatoms. The van der Waals surface area contributed by atoms with E-state index in [-0.39, 0.29) is 32.1 Å². The molecule has 0 amide bonds. The van der Waals surface area contributed by atoms with E-state index in [1.807, 2.05) is 31.2 Å². The quantitative estimate of drug-likeness (QED) is 0.250. The van der Waals surface area contributed by atoms with Crippen molar-refractivity contribution in [3.05, 3.63) is 30.0 Å². The number of nitrogens with one attached hydrogen (secondary N) is 2.